The Morgan fingerprint density at radius 1 is 1.44 bits per heavy atom. The fraction of sp³-hybridized carbons (Fsp3) is 0.533. The Morgan fingerprint density at radius 2 is 2.22 bits per heavy atom. The van der Waals surface area contributed by atoms with Crippen LogP contribution in [0.1, 0.15) is 30.9 Å². The molecule has 0 unspecified atom stereocenters. The predicted molar refractivity (Wildman–Crippen MR) is 71.4 cm³/mol. The lowest BCUT2D eigenvalue weighted by molar-refractivity contribution is 0.263. The topological polar surface area (TPSA) is 36.3 Å². The molecule has 0 amide bonds. The van der Waals surface area contributed by atoms with Gasteiger partial charge in [0, 0.05) is 18.7 Å². The summed E-state index contributed by atoms with van der Waals surface area (Å²) in [6, 6.07) is 7.82. The molecule has 1 aliphatic rings. The first kappa shape index (κ1) is 12.9. The number of rotatable bonds is 6. The average Bonchev–Trinajstić information content (AvgIpc) is 3.21. The number of benzene rings is 1. The number of nitriles is 1. The lowest BCUT2D eigenvalue weighted by atomic mass is 10.1. The van der Waals surface area contributed by atoms with Crippen molar-refractivity contribution in [3.8, 4) is 11.8 Å². The van der Waals surface area contributed by atoms with Crippen LogP contribution in [-0.2, 0) is 6.54 Å². The van der Waals surface area contributed by atoms with Gasteiger partial charge in [-0.15, -0.1) is 0 Å². The van der Waals surface area contributed by atoms with Gasteiger partial charge in [0.25, 0.3) is 0 Å². The average molecular weight is 244 g/mol. The first-order chi connectivity index (χ1) is 8.76. The van der Waals surface area contributed by atoms with E-state index in [4.69, 9.17) is 10.00 Å². The summed E-state index contributed by atoms with van der Waals surface area (Å²) in [6.45, 7) is 5.25. The molecule has 1 aromatic carbocycles. The zero-order valence-electron chi connectivity index (χ0n) is 11.1. The minimum absolute atomic E-state index is 0.702. The van der Waals surface area contributed by atoms with Crippen LogP contribution < -0.4 is 4.74 Å². The van der Waals surface area contributed by atoms with Gasteiger partial charge in [-0.3, -0.25) is 4.90 Å². The lowest BCUT2D eigenvalue weighted by Crippen LogP contribution is -2.25. The van der Waals surface area contributed by atoms with E-state index in [0.717, 1.165) is 36.9 Å². The number of hydrogen-bond donors (Lipinski definition) is 0. The molecule has 0 heterocycles. The van der Waals surface area contributed by atoms with Crippen LogP contribution in [0.2, 0.25) is 0 Å². The van der Waals surface area contributed by atoms with Crippen molar-refractivity contribution in [1.29, 1.82) is 5.26 Å². The molecule has 0 N–H and O–H groups in total. The summed E-state index contributed by atoms with van der Waals surface area (Å²) in [5.74, 6) is 1.76. The highest BCUT2D eigenvalue weighted by Gasteiger charge is 2.24. The van der Waals surface area contributed by atoms with Gasteiger partial charge in [0.2, 0.25) is 0 Å². The van der Waals surface area contributed by atoms with E-state index in [2.05, 4.69) is 17.9 Å². The molecular formula is C15H20N2O. The normalized spacial score (nSPS) is 14.6. The predicted octanol–water partition coefficient (Wildman–Crippen LogP) is 2.80. The van der Waals surface area contributed by atoms with Gasteiger partial charge in [-0.1, -0.05) is 6.92 Å². The summed E-state index contributed by atoms with van der Waals surface area (Å²) in [6.07, 6.45) is 2.73. The maximum absolute atomic E-state index is 8.97. The van der Waals surface area contributed by atoms with Crippen LogP contribution in [0.5, 0.6) is 5.75 Å². The third-order valence-corrected chi connectivity index (χ3v) is 3.46. The van der Waals surface area contributed by atoms with Crippen molar-refractivity contribution in [2.45, 2.75) is 26.3 Å². The van der Waals surface area contributed by atoms with Crippen LogP contribution in [0.15, 0.2) is 18.2 Å². The minimum Gasteiger partial charge on any atom is -0.496 e. The number of nitrogens with zero attached hydrogens (tertiary/aromatic N) is 2. The molecule has 1 aliphatic carbocycles. The van der Waals surface area contributed by atoms with Gasteiger partial charge in [-0.2, -0.15) is 5.26 Å². The van der Waals surface area contributed by atoms with Crippen molar-refractivity contribution in [2.24, 2.45) is 5.92 Å². The molecule has 0 spiro atoms. The molecule has 96 valence electrons. The standard InChI is InChI=1S/C15H20N2O/c1-3-17(10-12-4-5-12)11-14-8-13(9-16)6-7-15(14)18-2/h6-8,12H,3-5,10-11H2,1-2H3. The molecule has 3 nitrogen and oxygen atoms in total. The van der Waals surface area contributed by atoms with Gasteiger partial charge in [-0.25, -0.2) is 0 Å². The molecule has 3 heteroatoms. The zero-order valence-corrected chi connectivity index (χ0v) is 11.1. The summed E-state index contributed by atoms with van der Waals surface area (Å²) in [7, 11) is 1.68. The third-order valence-electron chi connectivity index (χ3n) is 3.46. The van der Waals surface area contributed by atoms with Gasteiger partial charge in [0.15, 0.2) is 0 Å². The smallest absolute Gasteiger partial charge is 0.123 e. The molecule has 2 rings (SSSR count). The highest BCUT2D eigenvalue weighted by molar-refractivity contribution is 5.42. The second-order valence-corrected chi connectivity index (χ2v) is 4.91. The molecule has 0 atom stereocenters. The van der Waals surface area contributed by atoms with E-state index in [0.29, 0.717) is 5.56 Å². The Bertz CT molecular complexity index is 446. The van der Waals surface area contributed by atoms with Crippen LogP contribution in [0, 0.1) is 17.2 Å². The second kappa shape index (κ2) is 5.88. The first-order valence-corrected chi connectivity index (χ1v) is 6.56. The van der Waals surface area contributed by atoms with Crippen molar-refractivity contribution < 1.29 is 4.74 Å². The van der Waals surface area contributed by atoms with Crippen molar-refractivity contribution in [1.82, 2.24) is 4.90 Å². The summed E-state index contributed by atoms with van der Waals surface area (Å²) in [5, 5.41) is 8.97. The van der Waals surface area contributed by atoms with Crippen LogP contribution in [0.25, 0.3) is 0 Å². The van der Waals surface area contributed by atoms with E-state index in [1.807, 2.05) is 12.1 Å². The van der Waals surface area contributed by atoms with Gasteiger partial charge in [-0.05, 0) is 43.5 Å². The van der Waals surface area contributed by atoms with Gasteiger partial charge < -0.3 is 4.74 Å². The van der Waals surface area contributed by atoms with E-state index < -0.39 is 0 Å². The molecule has 0 bridgehead atoms. The Balaban J connectivity index is 2.11. The fourth-order valence-corrected chi connectivity index (χ4v) is 2.18. The number of methoxy groups -OCH3 is 1. The Kier molecular flexibility index (Phi) is 4.22. The molecular weight excluding hydrogens is 224 g/mol. The van der Waals surface area contributed by atoms with E-state index in [-0.39, 0.29) is 0 Å². The largest absolute Gasteiger partial charge is 0.496 e. The molecule has 1 aromatic rings. The fourth-order valence-electron chi connectivity index (χ4n) is 2.18. The summed E-state index contributed by atoms with van der Waals surface area (Å²) < 4.78 is 5.37. The van der Waals surface area contributed by atoms with Crippen molar-refractivity contribution in [3.05, 3.63) is 29.3 Å². The molecule has 18 heavy (non-hydrogen) atoms. The Labute approximate surface area is 109 Å². The van der Waals surface area contributed by atoms with Crippen LogP contribution in [-0.4, -0.2) is 25.1 Å². The summed E-state index contributed by atoms with van der Waals surface area (Å²) in [4.78, 5) is 2.43. The SMILES string of the molecule is CCN(Cc1cc(C#N)ccc1OC)CC1CC1. The highest BCUT2D eigenvalue weighted by atomic mass is 16.5. The quantitative estimate of drug-likeness (QED) is 0.772. The van der Waals surface area contributed by atoms with Gasteiger partial charge in [0.1, 0.15) is 5.75 Å². The monoisotopic (exact) mass is 244 g/mol. The van der Waals surface area contributed by atoms with E-state index in [1.54, 1.807) is 13.2 Å². The first-order valence-electron chi connectivity index (χ1n) is 6.56. The number of hydrogen-bond acceptors (Lipinski definition) is 3. The molecule has 0 saturated heterocycles. The molecule has 0 radical (unpaired) electrons. The maximum Gasteiger partial charge on any atom is 0.123 e. The Morgan fingerprint density at radius 3 is 2.78 bits per heavy atom. The molecule has 1 saturated carbocycles. The van der Waals surface area contributed by atoms with Crippen molar-refractivity contribution in [2.75, 3.05) is 20.2 Å². The van der Waals surface area contributed by atoms with Gasteiger partial charge >= 0.3 is 0 Å². The van der Waals surface area contributed by atoms with Crippen molar-refractivity contribution in [3.63, 3.8) is 0 Å². The van der Waals surface area contributed by atoms with E-state index in [9.17, 15) is 0 Å². The third kappa shape index (κ3) is 3.24. The second-order valence-electron chi connectivity index (χ2n) is 4.91. The van der Waals surface area contributed by atoms with Gasteiger partial charge in [0.05, 0.1) is 18.7 Å². The highest BCUT2D eigenvalue weighted by Crippen LogP contribution is 2.30. The molecule has 0 aliphatic heterocycles. The van der Waals surface area contributed by atoms with E-state index >= 15 is 0 Å². The summed E-state index contributed by atoms with van der Waals surface area (Å²) in [5.41, 5.74) is 1.81. The Hall–Kier alpha value is -1.53. The summed E-state index contributed by atoms with van der Waals surface area (Å²) >= 11 is 0. The zero-order chi connectivity index (χ0) is 13.0. The molecule has 1 fully saturated rings. The maximum atomic E-state index is 8.97. The van der Waals surface area contributed by atoms with Crippen LogP contribution in [0.3, 0.4) is 0 Å². The van der Waals surface area contributed by atoms with Crippen LogP contribution in [0.4, 0.5) is 0 Å². The van der Waals surface area contributed by atoms with Crippen LogP contribution >= 0.6 is 0 Å². The number of ether oxygens (including phenoxy) is 1. The minimum atomic E-state index is 0.702. The molecule has 0 aromatic heterocycles. The van der Waals surface area contributed by atoms with E-state index in [1.165, 1.54) is 12.8 Å². The van der Waals surface area contributed by atoms with Crippen molar-refractivity contribution >= 4 is 0 Å². The lowest BCUT2D eigenvalue weighted by Gasteiger charge is -2.21.